The number of hydrogen-bond acceptors (Lipinski definition) is 22. The number of benzene rings is 6. The minimum atomic E-state index is -4.56. The number of amides is 6. The molecule has 29 nitrogen and oxygen atoms in total. The standard InChI is InChI=1S/C38H35F3N6O3.C37H34F3N7O3.C33H38N8O2/c1-24-20-44-35(50-24)27-4-2-25(3-5-27)26-9-14-46(15-10-26)33(48)22-45-16-11-37(23-45)12-17-47(36(37)49)30-7-6-29-21-43-34(31(29)19-30)28-8-13-42-32(18-28)38(39,40)41;1-23-43-34(50-44-23)26-4-2-24(3-5-26)25-9-14-46(15-10-25)32(48)21-45-16-11-36(22-45)12-17-47(35(36)49)29-7-6-28-20-42-33(30(28)19-29)27-8-13-41-31(18-27)37(38,39)40;1-37-22-35-31(36-37)24-4-7-26(8-5-24)39-14-16-40(17-15-39)29(42)20-38-12-10-33(21-38)11-13-41(32(33)43)27-9-6-25-19-34-30(23-2-3-23)28(25)18-27/h2-9,13,18-20H,10-12,14-17,21-23H2,1H3;2-9,13,18-19H,10-12,14-17,20-22H2,1H3;4-9,18,22-23H,2-3,10-17,19-21H2,1H3/t37-;36-;33-/m000/s1. The molecule has 3 spiro atoms. The van der Waals surface area contributed by atoms with Gasteiger partial charge < -0.3 is 43.2 Å². The smallest absolute Gasteiger partial charge is 0.433 e. The van der Waals surface area contributed by atoms with Crippen LogP contribution >= 0.6 is 0 Å². The maximum absolute atomic E-state index is 14.0. The Morgan fingerprint density at radius 3 is 1.28 bits per heavy atom. The molecule has 35 heteroatoms. The van der Waals surface area contributed by atoms with Crippen molar-refractivity contribution in [3.63, 3.8) is 0 Å². The number of aliphatic imine (C=N–C) groups is 3. The molecular weight excluding hydrogens is 1830 g/mol. The van der Waals surface area contributed by atoms with Crippen molar-refractivity contribution in [1.82, 2.24) is 69.3 Å². The Kier molecular flexibility index (Phi) is 24.8. The number of pyridine rings is 2. The average molecular weight is 1940 g/mol. The lowest BCUT2D eigenvalue weighted by molar-refractivity contribution is -0.142. The van der Waals surface area contributed by atoms with Crippen molar-refractivity contribution in [2.75, 3.05) is 150 Å². The second kappa shape index (κ2) is 37.8. The van der Waals surface area contributed by atoms with E-state index in [2.05, 4.69) is 132 Å². The zero-order valence-electron chi connectivity index (χ0n) is 79.7. The molecule has 11 aromatic rings. The Morgan fingerprint density at radius 2 is 0.860 bits per heavy atom. The molecule has 6 amide bonds. The lowest BCUT2D eigenvalue weighted by Crippen LogP contribution is -2.51. The molecular formula is C108H107F6N21O8. The summed E-state index contributed by atoms with van der Waals surface area (Å²) in [5, 5.41) is 8.23. The number of alkyl halides is 6. The van der Waals surface area contributed by atoms with Gasteiger partial charge in [-0.1, -0.05) is 59.8 Å². The summed E-state index contributed by atoms with van der Waals surface area (Å²) < 4.78 is 92.7. The minimum Gasteiger partial charge on any atom is -0.441 e. The van der Waals surface area contributed by atoms with Crippen LogP contribution in [0.5, 0.6) is 0 Å². The summed E-state index contributed by atoms with van der Waals surface area (Å²) in [5.74, 6) is 4.34. The van der Waals surface area contributed by atoms with Crippen LogP contribution in [0.2, 0.25) is 0 Å². The third-order valence-electron chi connectivity index (χ3n) is 30.8. The molecule has 0 unspecified atom stereocenters. The van der Waals surface area contributed by atoms with Gasteiger partial charge in [-0.25, -0.2) is 9.97 Å². The van der Waals surface area contributed by atoms with Crippen LogP contribution in [-0.4, -0.2) is 253 Å². The Hall–Kier alpha value is -14.3. The van der Waals surface area contributed by atoms with Crippen LogP contribution in [0.4, 0.5) is 49.1 Å². The molecule has 0 bridgehead atoms. The van der Waals surface area contributed by atoms with E-state index in [0.29, 0.717) is 188 Å². The first-order valence-corrected chi connectivity index (χ1v) is 49.2. The molecule has 0 radical (unpaired) electrons. The van der Waals surface area contributed by atoms with Crippen molar-refractivity contribution in [2.24, 2.45) is 44.2 Å². The number of halogens is 6. The van der Waals surface area contributed by atoms with Gasteiger partial charge in [0.2, 0.25) is 41.3 Å². The quantitative estimate of drug-likeness (QED) is 0.0721. The minimum absolute atomic E-state index is 0.0259. The Labute approximate surface area is 821 Å². The average Bonchev–Trinajstić information content (AvgIpc) is 1.60. The molecule has 17 heterocycles. The summed E-state index contributed by atoms with van der Waals surface area (Å²) in [6.07, 6.45) is 9.17. The second-order valence-corrected chi connectivity index (χ2v) is 39.9. The molecule has 1 saturated carbocycles. The van der Waals surface area contributed by atoms with Gasteiger partial charge in [-0.3, -0.25) is 73.1 Å². The van der Waals surface area contributed by atoms with Gasteiger partial charge in [0.15, 0.2) is 11.6 Å². The first-order valence-electron chi connectivity index (χ1n) is 49.2. The Balaban J connectivity index is 0.000000123. The highest BCUT2D eigenvalue weighted by atomic mass is 19.4. The molecule has 734 valence electrons. The molecule has 6 aromatic carbocycles. The lowest BCUT2D eigenvalue weighted by atomic mass is 9.85. The number of fused-ring (bicyclic) bond motifs is 3. The van der Waals surface area contributed by atoms with Crippen LogP contribution in [0.3, 0.4) is 0 Å². The van der Waals surface area contributed by atoms with Gasteiger partial charge in [0.1, 0.15) is 23.5 Å². The molecule has 1 aliphatic carbocycles. The molecule has 12 aliphatic heterocycles. The van der Waals surface area contributed by atoms with Crippen molar-refractivity contribution < 1.29 is 64.0 Å². The molecule has 0 N–H and O–H groups in total. The number of carbonyl (C=O) groups excluding carboxylic acids is 6. The van der Waals surface area contributed by atoms with Crippen molar-refractivity contribution in [2.45, 2.75) is 110 Å². The van der Waals surface area contributed by atoms with Crippen LogP contribution in [0.1, 0.15) is 143 Å². The zero-order valence-corrected chi connectivity index (χ0v) is 79.7. The van der Waals surface area contributed by atoms with Gasteiger partial charge in [-0.2, -0.15) is 36.4 Å². The summed E-state index contributed by atoms with van der Waals surface area (Å²) in [5.41, 5.74) is 16.2. The summed E-state index contributed by atoms with van der Waals surface area (Å²) in [6, 6.07) is 47.3. The maximum atomic E-state index is 14.0. The van der Waals surface area contributed by atoms with Crippen molar-refractivity contribution in [3.05, 3.63) is 267 Å². The van der Waals surface area contributed by atoms with Gasteiger partial charge in [0.25, 0.3) is 5.89 Å². The first-order chi connectivity index (χ1) is 69.1. The van der Waals surface area contributed by atoms with E-state index in [4.69, 9.17) is 13.9 Å². The van der Waals surface area contributed by atoms with Crippen molar-refractivity contribution >= 4 is 86.5 Å². The van der Waals surface area contributed by atoms with Crippen molar-refractivity contribution in [3.8, 4) is 34.3 Å². The van der Waals surface area contributed by atoms with E-state index < -0.39 is 34.6 Å². The number of likely N-dealkylation sites (tertiary alicyclic amines) is 3. The number of carbonyl (C=O) groups is 6. The van der Waals surface area contributed by atoms with Gasteiger partial charge in [-0.05, 0) is 246 Å². The maximum Gasteiger partial charge on any atom is 0.433 e. The Bertz CT molecular complexity index is 6720. The molecule has 3 atom stereocenters. The number of aryl methyl sites for hydroxylation is 3. The van der Waals surface area contributed by atoms with Crippen LogP contribution < -0.4 is 19.6 Å². The monoisotopic (exact) mass is 1940 g/mol. The third-order valence-corrected chi connectivity index (χ3v) is 30.8. The topological polar surface area (TPSA) is 293 Å². The van der Waals surface area contributed by atoms with Gasteiger partial charge in [0.05, 0.1) is 73.1 Å². The highest BCUT2D eigenvalue weighted by molar-refractivity contribution is 6.17. The van der Waals surface area contributed by atoms with Gasteiger partial charge in [0, 0.05) is 190 Å². The second-order valence-electron chi connectivity index (χ2n) is 39.9. The number of aromatic nitrogens is 8. The first kappa shape index (κ1) is 93.6. The van der Waals surface area contributed by atoms with E-state index in [-0.39, 0.29) is 53.9 Å². The van der Waals surface area contributed by atoms with Crippen LogP contribution in [0.15, 0.2) is 213 Å². The molecule has 13 aliphatic rings. The summed E-state index contributed by atoms with van der Waals surface area (Å²) in [4.78, 5) is 136. The fraction of sp³-hybridized carbons (Fsp3) is 0.389. The summed E-state index contributed by atoms with van der Waals surface area (Å²) >= 11 is 0. The zero-order chi connectivity index (χ0) is 98.4. The van der Waals surface area contributed by atoms with E-state index in [0.717, 1.165) is 156 Å². The number of piperazine rings is 1. The van der Waals surface area contributed by atoms with E-state index in [1.165, 1.54) is 53.0 Å². The normalized spacial score (nSPS) is 21.8. The van der Waals surface area contributed by atoms with E-state index >= 15 is 0 Å². The molecule has 8 fully saturated rings. The highest BCUT2D eigenvalue weighted by Gasteiger charge is 2.55. The van der Waals surface area contributed by atoms with E-state index in [1.807, 2.05) is 106 Å². The number of rotatable bonds is 18. The molecule has 7 saturated heterocycles. The SMILES string of the molecule is Cc1cnc(-c2ccc(C3=CCN(C(=O)CN4CC[C@]5(CCN(c6ccc7c(c6)C(c6ccnc(C(F)(F)F)c6)=NC7)C5=O)C4)CC3)cc2)o1.Cc1noc(-c2ccc(C3=CCN(C(=O)CN4CC[C@]5(CCN(c6ccc7c(c6)C(c6ccnc(C(F)(F)F)c6)=NC7)C5=O)C4)CC3)cc2)n1.Cn1cnc(-c2ccc(N3CCN(C(=O)CN4CC[C@]5(CCN(c6ccc7c(c6)C(C6CC6)=NC7)C5=O)C4)CC3)cc2)n1. The molecule has 5 aromatic heterocycles. The summed E-state index contributed by atoms with van der Waals surface area (Å²) in [6.45, 7) is 17.1. The summed E-state index contributed by atoms with van der Waals surface area (Å²) in [7, 11) is 1.87. The lowest BCUT2D eigenvalue weighted by Gasteiger charge is -2.37. The fourth-order valence-corrected chi connectivity index (χ4v) is 22.6. The van der Waals surface area contributed by atoms with Gasteiger partial charge >= 0.3 is 12.4 Å². The Morgan fingerprint density at radius 1 is 0.434 bits per heavy atom. The van der Waals surface area contributed by atoms with E-state index in [1.54, 1.807) is 33.9 Å². The van der Waals surface area contributed by atoms with Crippen molar-refractivity contribution in [1.29, 1.82) is 0 Å². The van der Waals surface area contributed by atoms with Gasteiger partial charge in [-0.15, -0.1) is 0 Å². The highest BCUT2D eigenvalue weighted by Crippen LogP contribution is 2.49. The predicted molar refractivity (Wildman–Crippen MR) is 526 cm³/mol. The number of anilines is 4. The number of oxazole rings is 1. The predicted octanol–water partition coefficient (Wildman–Crippen LogP) is 14.7. The molecule has 24 rings (SSSR count). The third kappa shape index (κ3) is 18.9. The number of hydrogen-bond donors (Lipinski definition) is 0. The van der Waals surface area contributed by atoms with Crippen LogP contribution in [0, 0.1) is 36.0 Å². The van der Waals surface area contributed by atoms with Crippen LogP contribution in [0.25, 0.3) is 45.4 Å². The molecule has 143 heavy (non-hydrogen) atoms. The fourth-order valence-electron chi connectivity index (χ4n) is 22.6. The largest absolute Gasteiger partial charge is 0.441 e. The number of nitrogens with zero attached hydrogens (tertiary/aromatic N) is 21. The van der Waals surface area contributed by atoms with E-state index in [9.17, 15) is 55.1 Å². The van der Waals surface area contributed by atoms with Crippen LogP contribution in [-0.2, 0) is 67.8 Å².